The molecular weight excluding hydrogens is 554 g/mol. The van der Waals surface area contributed by atoms with Crippen LogP contribution in [0.4, 0.5) is 0 Å². The normalized spacial score (nSPS) is 11.4. The zero-order chi connectivity index (χ0) is 23.2. The molecule has 0 aliphatic carbocycles. The molecule has 0 atom stereocenters. The summed E-state index contributed by atoms with van der Waals surface area (Å²) in [6.07, 6.45) is 26.8. The van der Waals surface area contributed by atoms with Crippen LogP contribution in [0.2, 0.25) is 0 Å². The topological polar surface area (TPSA) is 43.4 Å². The van der Waals surface area contributed by atoms with Crippen LogP contribution >= 0.6 is 0 Å². The zero-order valence-electron chi connectivity index (χ0n) is 23.6. The maximum absolute atomic E-state index is 12.0. The van der Waals surface area contributed by atoms with Gasteiger partial charge in [0.1, 0.15) is 0 Å². The van der Waals surface area contributed by atoms with Crippen LogP contribution in [-0.2, 0) is 14.3 Å². The molecule has 0 bridgehead atoms. The standard InChI is InChI=1S/C28H50O3S.Ba.2H/c1-2-3-4-5-6-7-8-9-10-11-12-13-14-15-16-17-18-19-20-24-27-31-32(29,30)28-25-22-21-23-26-28;;;/h21-23,25-26H,2-20,24,27H2,1H3;;;/q;+2;2*-1. The average molecular weight is 606 g/mol. The smallest absolute Gasteiger partial charge is 1.00 e. The van der Waals surface area contributed by atoms with E-state index in [0.717, 1.165) is 12.8 Å². The zero-order valence-corrected chi connectivity index (χ0v) is 26.8. The first-order valence-corrected chi connectivity index (χ1v) is 15.0. The van der Waals surface area contributed by atoms with Gasteiger partial charge in [0, 0.05) is 0 Å². The van der Waals surface area contributed by atoms with Crippen molar-refractivity contribution in [2.24, 2.45) is 0 Å². The molecule has 33 heavy (non-hydrogen) atoms. The Kier molecular flexibility index (Phi) is 24.9. The number of hydrogen-bond donors (Lipinski definition) is 0. The minimum absolute atomic E-state index is 0. The summed E-state index contributed by atoms with van der Waals surface area (Å²) in [6, 6.07) is 8.39. The fourth-order valence-electron chi connectivity index (χ4n) is 4.18. The fraction of sp³-hybridized carbons (Fsp3) is 0.786. The largest absolute Gasteiger partial charge is 2.00 e. The van der Waals surface area contributed by atoms with Gasteiger partial charge in [0.25, 0.3) is 10.1 Å². The van der Waals surface area contributed by atoms with Crippen molar-refractivity contribution in [3.63, 3.8) is 0 Å². The third-order valence-electron chi connectivity index (χ3n) is 6.27. The van der Waals surface area contributed by atoms with Crippen LogP contribution in [-0.4, -0.2) is 63.9 Å². The predicted molar refractivity (Wildman–Crippen MR) is 146 cm³/mol. The van der Waals surface area contributed by atoms with Crippen LogP contribution in [0.3, 0.4) is 0 Å². The van der Waals surface area contributed by atoms with Crippen molar-refractivity contribution in [2.75, 3.05) is 6.61 Å². The monoisotopic (exact) mass is 606 g/mol. The van der Waals surface area contributed by atoms with Gasteiger partial charge < -0.3 is 2.85 Å². The Morgan fingerprint density at radius 2 is 0.909 bits per heavy atom. The van der Waals surface area contributed by atoms with Crippen molar-refractivity contribution in [1.29, 1.82) is 0 Å². The van der Waals surface area contributed by atoms with Gasteiger partial charge in [-0.2, -0.15) is 8.42 Å². The second-order valence-corrected chi connectivity index (χ2v) is 10.9. The summed E-state index contributed by atoms with van der Waals surface area (Å²) in [6.45, 7) is 2.57. The van der Waals surface area contributed by atoms with Gasteiger partial charge in [-0.3, -0.25) is 4.18 Å². The van der Waals surface area contributed by atoms with Gasteiger partial charge in [-0.1, -0.05) is 147 Å². The van der Waals surface area contributed by atoms with Crippen molar-refractivity contribution in [3.05, 3.63) is 30.3 Å². The molecule has 0 saturated carbocycles. The molecule has 1 aromatic rings. The summed E-state index contributed by atoms with van der Waals surface area (Å²) in [5.41, 5.74) is 0. The van der Waals surface area contributed by atoms with Crippen molar-refractivity contribution in [1.82, 2.24) is 0 Å². The number of unbranched alkanes of at least 4 members (excludes halogenated alkanes) is 19. The SMILES string of the molecule is CCCCCCCCCCCCCCCCCCCCCCOS(=O)(=O)c1ccccc1.[Ba+2].[H-].[H-]. The summed E-state index contributed by atoms with van der Waals surface area (Å²) in [5.74, 6) is 0. The molecule has 0 heterocycles. The minimum Gasteiger partial charge on any atom is -1.00 e. The molecule has 0 fully saturated rings. The van der Waals surface area contributed by atoms with E-state index in [-0.39, 0.29) is 63.2 Å². The summed E-state index contributed by atoms with van der Waals surface area (Å²) in [5, 5.41) is 0. The second kappa shape index (κ2) is 24.4. The van der Waals surface area contributed by atoms with Gasteiger partial charge in [-0.25, -0.2) is 0 Å². The van der Waals surface area contributed by atoms with Crippen LogP contribution in [0, 0.1) is 0 Å². The number of rotatable bonds is 23. The molecule has 0 radical (unpaired) electrons. The molecular formula is C28H52BaO3S. The third-order valence-corrected chi connectivity index (χ3v) is 7.59. The summed E-state index contributed by atoms with van der Waals surface area (Å²) in [7, 11) is -3.59. The molecule has 0 aliphatic heterocycles. The summed E-state index contributed by atoms with van der Waals surface area (Å²) >= 11 is 0. The van der Waals surface area contributed by atoms with Crippen LogP contribution in [0.1, 0.15) is 138 Å². The predicted octanol–water partition coefficient (Wildman–Crippen LogP) is 9.06. The van der Waals surface area contributed by atoms with Crippen molar-refractivity contribution >= 4 is 59.0 Å². The Bertz CT molecular complexity index is 630. The van der Waals surface area contributed by atoms with Gasteiger partial charge in [0.2, 0.25) is 0 Å². The van der Waals surface area contributed by atoms with E-state index < -0.39 is 10.1 Å². The van der Waals surface area contributed by atoms with Crippen LogP contribution < -0.4 is 0 Å². The Morgan fingerprint density at radius 1 is 0.576 bits per heavy atom. The molecule has 0 unspecified atom stereocenters. The first kappa shape index (κ1) is 33.7. The van der Waals surface area contributed by atoms with Gasteiger partial charge in [0.15, 0.2) is 0 Å². The summed E-state index contributed by atoms with van der Waals surface area (Å²) < 4.78 is 29.1. The van der Waals surface area contributed by atoms with Gasteiger partial charge in [-0.15, -0.1) is 0 Å². The van der Waals surface area contributed by atoms with Crippen LogP contribution in [0.25, 0.3) is 0 Å². The molecule has 1 aromatic carbocycles. The molecule has 0 N–H and O–H groups in total. The van der Waals surface area contributed by atoms with Gasteiger partial charge >= 0.3 is 48.9 Å². The molecule has 3 nitrogen and oxygen atoms in total. The van der Waals surface area contributed by atoms with E-state index >= 15 is 0 Å². The Hall–Kier alpha value is 0.701. The third kappa shape index (κ3) is 20.6. The van der Waals surface area contributed by atoms with Crippen LogP contribution in [0.15, 0.2) is 35.2 Å². The fourth-order valence-corrected chi connectivity index (χ4v) is 5.14. The Balaban J connectivity index is -0.00000341. The van der Waals surface area contributed by atoms with E-state index in [1.54, 1.807) is 30.3 Å². The first-order valence-electron chi connectivity index (χ1n) is 13.6. The molecule has 0 spiro atoms. The molecule has 1 rings (SSSR count). The van der Waals surface area contributed by atoms with E-state index in [0.29, 0.717) is 0 Å². The van der Waals surface area contributed by atoms with Gasteiger partial charge in [0.05, 0.1) is 11.5 Å². The Labute approximate surface area is 249 Å². The first-order chi connectivity index (χ1) is 15.7. The Morgan fingerprint density at radius 3 is 1.27 bits per heavy atom. The van der Waals surface area contributed by atoms with E-state index in [1.807, 2.05) is 0 Å². The quantitative estimate of drug-likeness (QED) is 0.0710. The molecule has 5 heteroatoms. The minimum atomic E-state index is -3.59. The number of benzene rings is 1. The molecule has 0 saturated heterocycles. The van der Waals surface area contributed by atoms with Crippen molar-refractivity contribution in [2.45, 2.75) is 140 Å². The molecule has 0 aromatic heterocycles. The van der Waals surface area contributed by atoms with E-state index in [4.69, 9.17) is 4.18 Å². The van der Waals surface area contributed by atoms with E-state index in [1.165, 1.54) is 116 Å². The summed E-state index contributed by atoms with van der Waals surface area (Å²) in [4.78, 5) is 0.244. The second-order valence-electron chi connectivity index (χ2n) is 9.31. The van der Waals surface area contributed by atoms with E-state index in [9.17, 15) is 8.42 Å². The van der Waals surface area contributed by atoms with Crippen LogP contribution in [0.5, 0.6) is 0 Å². The molecule has 0 amide bonds. The number of hydrogen-bond acceptors (Lipinski definition) is 3. The van der Waals surface area contributed by atoms with E-state index in [2.05, 4.69) is 6.92 Å². The van der Waals surface area contributed by atoms with Gasteiger partial charge in [-0.05, 0) is 18.6 Å². The van der Waals surface area contributed by atoms with Crippen molar-refractivity contribution in [3.8, 4) is 0 Å². The van der Waals surface area contributed by atoms with Crippen molar-refractivity contribution < 1.29 is 15.5 Å². The maximum Gasteiger partial charge on any atom is 2.00 e. The maximum atomic E-state index is 12.0. The molecule has 190 valence electrons. The molecule has 0 aliphatic rings. The average Bonchev–Trinajstić information content (AvgIpc) is 2.80.